The summed E-state index contributed by atoms with van der Waals surface area (Å²) in [4.78, 5) is 26.5. The van der Waals surface area contributed by atoms with Gasteiger partial charge in [0.15, 0.2) is 11.5 Å². The summed E-state index contributed by atoms with van der Waals surface area (Å²) in [5, 5.41) is 2.97. The molecule has 0 radical (unpaired) electrons. The fourth-order valence-electron chi connectivity index (χ4n) is 4.11. The van der Waals surface area contributed by atoms with Crippen molar-refractivity contribution in [3.05, 3.63) is 53.3 Å². The third kappa shape index (κ3) is 4.09. The molecule has 2 saturated heterocycles. The number of halogens is 1. The molecule has 30 heavy (non-hydrogen) atoms. The SMILES string of the molecule is COc1ccc(C(=O)N2CC[C@@H]3NC(=O)C[C@@H]3C2)cc1Oc1cc(F)cc(CN)c1. The van der Waals surface area contributed by atoms with Crippen LogP contribution >= 0.6 is 0 Å². The third-order valence-corrected chi connectivity index (χ3v) is 5.62. The first-order valence-electron chi connectivity index (χ1n) is 9.91. The Hall–Kier alpha value is -3.13. The van der Waals surface area contributed by atoms with Crippen LogP contribution in [-0.2, 0) is 11.3 Å². The molecule has 158 valence electrons. The number of ether oxygens (including phenoxy) is 2. The number of carbonyl (C=O) groups excluding carboxylic acids is 2. The second-order valence-corrected chi connectivity index (χ2v) is 7.65. The minimum absolute atomic E-state index is 0.0476. The normalized spacial score (nSPS) is 20.5. The molecule has 7 nitrogen and oxygen atoms in total. The second-order valence-electron chi connectivity index (χ2n) is 7.65. The van der Waals surface area contributed by atoms with Crippen molar-refractivity contribution in [2.45, 2.75) is 25.4 Å². The summed E-state index contributed by atoms with van der Waals surface area (Å²) in [5.74, 6) is 0.607. The lowest BCUT2D eigenvalue weighted by atomic mass is 9.93. The summed E-state index contributed by atoms with van der Waals surface area (Å²) in [6.07, 6.45) is 1.20. The van der Waals surface area contributed by atoms with Crippen LogP contribution in [0.5, 0.6) is 17.2 Å². The van der Waals surface area contributed by atoms with Gasteiger partial charge in [0.25, 0.3) is 5.91 Å². The maximum absolute atomic E-state index is 13.8. The van der Waals surface area contributed by atoms with Crippen molar-refractivity contribution in [1.29, 1.82) is 0 Å². The molecular formula is C22H24FN3O4. The van der Waals surface area contributed by atoms with Gasteiger partial charge in [-0.3, -0.25) is 9.59 Å². The molecule has 4 rings (SSSR count). The predicted octanol–water partition coefficient (Wildman–Crippen LogP) is 2.44. The number of nitrogens with one attached hydrogen (secondary N) is 1. The topological polar surface area (TPSA) is 93.9 Å². The highest BCUT2D eigenvalue weighted by Gasteiger charge is 2.38. The predicted molar refractivity (Wildman–Crippen MR) is 108 cm³/mol. The number of likely N-dealkylation sites (tertiary alicyclic amines) is 1. The molecule has 2 amide bonds. The number of carbonyl (C=O) groups is 2. The first-order chi connectivity index (χ1) is 14.5. The number of benzene rings is 2. The summed E-state index contributed by atoms with van der Waals surface area (Å²) in [5.41, 5.74) is 6.64. The number of hydrogen-bond donors (Lipinski definition) is 2. The van der Waals surface area contributed by atoms with Crippen molar-refractivity contribution in [3.63, 3.8) is 0 Å². The second kappa shape index (κ2) is 8.31. The fourth-order valence-corrected chi connectivity index (χ4v) is 4.11. The number of piperidine rings is 1. The maximum atomic E-state index is 13.8. The molecule has 0 aliphatic carbocycles. The number of nitrogens with zero attached hydrogens (tertiary/aromatic N) is 1. The van der Waals surface area contributed by atoms with Gasteiger partial charge in [0.2, 0.25) is 5.91 Å². The lowest BCUT2D eigenvalue weighted by molar-refractivity contribution is -0.119. The molecule has 0 bridgehead atoms. The lowest BCUT2D eigenvalue weighted by Gasteiger charge is -2.34. The van der Waals surface area contributed by atoms with Crippen molar-refractivity contribution in [1.82, 2.24) is 10.2 Å². The third-order valence-electron chi connectivity index (χ3n) is 5.62. The van der Waals surface area contributed by atoms with Gasteiger partial charge < -0.3 is 25.4 Å². The molecular weight excluding hydrogens is 389 g/mol. The Morgan fingerprint density at radius 2 is 2.10 bits per heavy atom. The average molecular weight is 413 g/mol. The highest BCUT2D eigenvalue weighted by Crippen LogP contribution is 2.34. The molecule has 0 aromatic heterocycles. The molecule has 2 aromatic rings. The summed E-state index contributed by atoms with van der Waals surface area (Å²) in [6, 6.07) is 9.32. The fraction of sp³-hybridized carbons (Fsp3) is 0.364. The van der Waals surface area contributed by atoms with Gasteiger partial charge in [0.05, 0.1) is 7.11 Å². The zero-order chi connectivity index (χ0) is 21.3. The highest BCUT2D eigenvalue weighted by atomic mass is 19.1. The Labute approximate surface area is 173 Å². The molecule has 2 aromatic carbocycles. The van der Waals surface area contributed by atoms with Gasteiger partial charge >= 0.3 is 0 Å². The van der Waals surface area contributed by atoms with E-state index in [2.05, 4.69) is 5.32 Å². The molecule has 2 heterocycles. The first kappa shape index (κ1) is 20.2. The van der Waals surface area contributed by atoms with Crippen molar-refractivity contribution in [2.75, 3.05) is 20.2 Å². The van der Waals surface area contributed by atoms with Crippen LogP contribution in [0.1, 0.15) is 28.8 Å². The first-order valence-corrected chi connectivity index (χ1v) is 9.91. The van der Waals surface area contributed by atoms with Gasteiger partial charge in [-0.15, -0.1) is 0 Å². The molecule has 2 fully saturated rings. The van der Waals surface area contributed by atoms with Crippen LogP contribution in [0.4, 0.5) is 4.39 Å². The van der Waals surface area contributed by atoms with E-state index in [1.54, 1.807) is 29.2 Å². The Bertz CT molecular complexity index is 981. The summed E-state index contributed by atoms with van der Waals surface area (Å²) >= 11 is 0. The molecule has 2 atom stereocenters. The van der Waals surface area contributed by atoms with Crippen LogP contribution in [0.3, 0.4) is 0 Å². The zero-order valence-electron chi connectivity index (χ0n) is 16.7. The number of fused-ring (bicyclic) bond motifs is 1. The summed E-state index contributed by atoms with van der Waals surface area (Å²) in [6.45, 7) is 1.29. The van der Waals surface area contributed by atoms with E-state index in [9.17, 15) is 14.0 Å². The monoisotopic (exact) mass is 413 g/mol. The number of rotatable bonds is 5. The van der Waals surface area contributed by atoms with E-state index < -0.39 is 5.82 Å². The number of hydrogen-bond acceptors (Lipinski definition) is 5. The molecule has 8 heteroatoms. The highest BCUT2D eigenvalue weighted by molar-refractivity contribution is 5.95. The van der Waals surface area contributed by atoms with E-state index >= 15 is 0 Å². The van der Waals surface area contributed by atoms with E-state index in [0.717, 1.165) is 6.42 Å². The Kier molecular flexibility index (Phi) is 5.59. The minimum atomic E-state index is -0.457. The van der Waals surface area contributed by atoms with Crippen molar-refractivity contribution in [3.8, 4) is 17.2 Å². The minimum Gasteiger partial charge on any atom is -0.493 e. The van der Waals surface area contributed by atoms with Crippen molar-refractivity contribution in [2.24, 2.45) is 11.7 Å². The van der Waals surface area contributed by atoms with Gasteiger partial charge in [-0.1, -0.05) is 0 Å². The van der Waals surface area contributed by atoms with E-state index in [1.165, 1.54) is 19.2 Å². The molecule has 2 aliphatic heterocycles. The molecule has 2 aliphatic rings. The Balaban J connectivity index is 1.56. The van der Waals surface area contributed by atoms with Gasteiger partial charge in [-0.05, 0) is 42.3 Å². The van der Waals surface area contributed by atoms with Crippen LogP contribution < -0.4 is 20.5 Å². The van der Waals surface area contributed by atoms with Gasteiger partial charge in [0, 0.05) is 49.6 Å². The standard InChI is InChI=1S/C22H24FN3O4/c1-29-19-3-2-14(8-20(19)30-17-7-13(11-24)6-16(23)10-17)22(28)26-5-4-18-15(12-26)9-21(27)25-18/h2-3,6-8,10,15,18H,4-5,9,11-12,24H2,1H3,(H,25,27)/t15-,18+/m1/s1. The van der Waals surface area contributed by atoms with Crippen LogP contribution in [0.15, 0.2) is 36.4 Å². The largest absolute Gasteiger partial charge is 0.493 e. The Morgan fingerprint density at radius 1 is 1.27 bits per heavy atom. The van der Waals surface area contributed by atoms with E-state index in [0.29, 0.717) is 42.1 Å². The van der Waals surface area contributed by atoms with Gasteiger partial charge in [-0.2, -0.15) is 0 Å². The molecule has 0 unspecified atom stereocenters. The van der Waals surface area contributed by atoms with Crippen LogP contribution in [0.25, 0.3) is 0 Å². The summed E-state index contributed by atoms with van der Waals surface area (Å²) < 4.78 is 25.0. The van der Waals surface area contributed by atoms with Gasteiger partial charge in [0.1, 0.15) is 11.6 Å². The summed E-state index contributed by atoms with van der Waals surface area (Å²) in [7, 11) is 1.50. The van der Waals surface area contributed by atoms with E-state index in [1.807, 2.05) is 0 Å². The Morgan fingerprint density at radius 3 is 2.87 bits per heavy atom. The maximum Gasteiger partial charge on any atom is 0.254 e. The van der Waals surface area contributed by atoms with Crippen molar-refractivity contribution < 1.29 is 23.5 Å². The van der Waals surface area contributed by atoms with E-state index in [4.69, 9.17) is 15.2 Å². The lowest BCUT2D eigenvalue weighted by Crippen LogP contribution is -2.47. The number of amides is 2. The number of methoxy groups -OCH3 is 1. The van der Waals surface area contributed by atoms with Crippen LogP contribution in [-0.4, -0.2) is 43.0 Å². The quantitative estimate of drug-likeness (QED) is 0.785. The average Bonchev–Trinajstić information content (AvgIpc) is 3.11. The van der Waals surface area contributed by atoms with Crippen LogP contribution in [0.2, 0.25) is 0 Å². The number of nitrogens with two attached hydrogens (primary N) is 1. The van der Waals surface area contributed by atoms with Crippen LogP contribution in [0, 0.1) is 11.7 Å². The van der Waals surface area contributed by atoms with Crippen molar-refractivity contribution >= 4 is 11.8 Å². The molecule has 3 N–H and O–H groups in total. The zero-order valence-corrected chi connectivity index (χ0v) is 16.7. The van der Waals surface area contributed by atoms with E-state index in [-0.39, 0.29) is 36.1 Å². The smallest absolute Gasteiger partial charge is 0.254 e. The molecule has 0 saturated carbocycles. The van der Waals surface area contributed by atoms with Gasteiger partial charge in [-0.25, -0.2) is 4.39 Å². The molecule has 0 spiro atoms.